The van der Waals surface area contributed by atoms with Crippen LogP contribution in [0.15, 0.2) is 18.2 Å². The lowest BCUT2D eigenvalue weighted by molar-refractivity contribution is 0.332. The summed E-state index contributed by atoms with van der Waals surface area (Å²) in [6.07, 6.45) is 11.0. The molecule has 1 aromatic rings. The number of benzene rings is 1. The van der Waals surface area contributed by atoms with E-state index in [-0.39, 0.29) is 0 Å². The SMILES string of the molecule is CCCNC(Cc1ccc2c(c1)CCC2)C1CC2CC2C1. The zero-order valence-electron chi connectivity index (χ0n) is 13.4. The lowest BCUT2D eigenvalue weighted by Crippen LogP contribution is -2.38. The second-order valence-electron chi connectivity index (χ2n) is 7.71. The summed E-state index contributed by atoms with van der Waals surface area (Å²) in [5, 5.41) is 3.87. The Kier molecular flexibility index (Phi) is 3.79. The minimum atomic E-state index is 0.720. The Morgan fingerprint density at radius 3 is 2.71 bits per heavy atom. The van der Waals surface area contributed by atoms with E-state index in [4.69, 9.17) is 0 Å². The van der Waals surface area contributed by atoms with Gasteiger partial charge in [-0.25, -0.2) is 0 Å². The van der Waals surface area contributed by atoms with Gasteiger partial charge in [0.2, 0.25) is 0 Å². The zero-order valence-corrected chi connectivity index (χ0v) is 13.4. The summed E-state index contributed by atoms with van der Waals surface area (Å²) in [6.45, 7) is 3.47. The predicted molar refractivity (Wildman–Crippen MR) is 88.6 cm³/mol. The highest BCUT2D eigenvalue weighted by molar-refractivity contribution is 5.35. The van der Waals surface area contributed by atoms with Gasteiger partial charge in [-0.3, -0.25) is 0 Å². The molecule has 4 rings (SSSR count). The van der Waals surface area contributed by atoms with Crippen molar-refractivity contribution in [1.82, 2.24) is 5.32 Å². The Labute approximate surface area is 129 Å². The van der Waals surface area contributed by atoms with Crippen LogP contribution < -0.4 is 5.32 Å². The third kappa shape index (κ3) is 2.90. The number of rotatable bonds is 6. The van der Waals surface area contributed by atoms with Crippen LogP contribution in [-0.2, 0) is 19.3 Å². The molecule has 3 aliphatic rings. The van der Waals surface area contributed by atoms with E-state index in [1.54, 1.807) is 16.7 Å². The smallest absolute Gasteiger partial charge is 0.0136 e. The molecular weight excluding hydrogens is 254 g/mol. The number of nitrogens with one attached hydrogen (secondary N) is 1. The molecule has 0 spiro atoms. The second kappa shape index (κ2) is 5.76. The number of hydrogen-bond donors (Lipinski definition) is 1. The normalized spacial score (nSPS) is 31.0. The molecule has 1 N–H and O–H groups in total. The summed E-state index contributed by atoms with van der Waals surface area (Å²) in [7, 11) is 0. The molecule has 0 aliphatic heterocycles. The van der Waals surface area contributed by atoms with Crippen LogP contribution in [0.1, 0.15) is 55.7 Å². The fourth-order valence-electron chi connectivity index (χ4n) is 4.83. The Morgan fingerprint density at radius 1 is 1.10 bits per heavy atom. The largest absolute Gasteiger partial charge is 0.313 e. The molecule has 0 heterocycles. The first kappa shape index (κ1) is 13.8. The van der Waals surface area contributed by atoms with Crippen molar-refractivity contribution in [1.29, 1.82) is 0 Å². The fourth-order valence-corrected chi connectivity index (χ4v) is 4.83. The van der Waals surface area contributed by atoms with Crippen LogP contribution in [0.25, 0.3) is 0 Å². The number of hydrogen-bond acceptors (Lipinski definition) is 1. The van der Waals surface area contributed by atoms with Crippen molar-refractivity contribution in [2.75, 3.05) is 6.54 Å². The van der Waals surface area contributed by atoms with E-state index in [9.17, 15) is 0 Å². The molecule has 0 aromatic heterocycles. The quantitative estimate of drug-likeness (QED) is 0.827. The summed E-state index contributed by atoms with van der Waals surface area (Å²) in [6, 6.07) is 8.04. The van der Waals surface area contributed by atoms with Gasteiger partial charge in [0.15, 0.2) is 0 Å². The lowest BCUT2D eigenvalue weighted by atomic mass is 9.89. The minimum absolute atomic E-state index is 0.720. The van der Waals surface area contributed by atoms with Crippen molar-refractivity contribution in [3.8, 4) is 0 Å². The predicted octanol–water partition coefficient (Wildman–Crippen LogP) is 4.13. The summed E-state index contributed by atoms with van der Waals surface area (Å²) in [5.41, 5.74) is 4.82. The highest BCUT2D eigenvalue weighted by Crippen LogP contribution is 2.55. The van der Waals surface area contributed by atoms with Gasteiger partial charge in [-0.15, -0.1) is 0 Å². The third-order valence-electron chi connectivity index (χ3n) is 6.12. The molecule has 3 atom stereocenters. The van der Waals surface area contributed by atoms with Crippen molar-refractivity contribution in [2.24, 2.45) is 17.8 Å². The molecule has 114 valence electrons. The molecule has 3 unspecified atom stereocenters. The van der Waals surface area contributed by atoms with Crippen molar-refractivity contribution in [2.45, 2.75) is 64.3 Å². The van der Waals surface area contributed by atoms with Crippen LogP contribution in [0.3, 0.4) is 0 Å². The molecule has 2 saturated carbocycles. The first-order valence-electron chi connectivity index (χ1n) is 9.17. The summed E-state index contributed by atoms with van der Waals surface area (Å²) >= 11 is 0. The Bertz CT molecular complexity index is 497. The zero-order chi connectivity index (χ0) is 14.2. The van der Waals surface area contributed by atoms with Crippen LogP contribution in [0.5, 0.6) is 0 Å². The van der Waals surface area contributed by atoms with Crippen LogP contribution >= 0.6 is 0 Å². The molecule has 3 aliphatic carbocycles. The van der Waals surface area contributed by atoms with Crippen molar-refractivity contribution in [3.63, 3.8) is 0 Å². The van der Waals surface area contributed by atoms with Crippen molar-refractivity contribution >= 4 is 0 Å². The number of aryl methyl sites for hydroxylation is 2. The summed E-state index contributed by atoms with van der Waals surface area (Å²) in [4.78, 5) is 0. The van der Waals surface area contributed by atoms with Gasteiger partial charge in [-0.2, -0.15) is 0 Å². The van der Waals surface area contributed by atoms with Gasteiger partial charge < -0.3 is 5.32 Å². The second-order valence-corrected chi connectivity index (χ2v) is 7.71. The molecule has 0 radical (unpaired) electrons. The molecule has 1 heteroatoms. The summed E-state index contributed by atoms with van der Waals surface area (Å²) in [5.74, 6) is 3.13. The van der Waals surface area contributed by atoms with Crippen LogP contribution in [-0.4, -0.2) is 12.6 Å². The highest BCUT2D eigenvalue weighted by Gasteiger charge is 2.47. The Balaban J connectivity index is 1.45. The third-order valence-corrected chi connectivity index (χ3v) is 6.12. The molecule has 2 fully saturated rings. The number of fused-ring (bicyclic) bond motifs is 2. The van der Waals surface area contributed by atoms with Crippen LogP contribution in [0.2, 0.25) is 0 Å². The minimum Gasteiger partial charge on any atom is -0.313 e. The van der Waals surface area contributed by atoms with E-state index < -0.39 is 0 Å². The molecule has 0 bridgehead atoms. The van der Waals surface area contributed by atoms with Crippen molar-refractivity contribution in [3.05, 3.63) is 34.9 Å². The van der Waals surface area contributed by atoms with Gasteiger partial charge >= 0.3 is 0 Å². The molecular formula is C20H29N. The van der Waals surface area contributed by atoms with Gasteiger partial charge in [0.25, 0.3) is 0 Å². The molecule has 21 heavy (non-hydrogen) atoms. The Morgan fingerprint density at radius 2 is 1.90 bits per heavy atom. The topological polar surface area (TPSA) is 12.0 Å². The Hall–Kier alpha value is -0.820. The molecule has 1 nitrogen and oxygen atoms in total. The monoisotopic (exact) mass is 283 g/mol. The molecule has 0 amide bonds. The fraction of sp³-hybridized carbons (Fsp3) is 0.700. The van der Waals surface area contributed by atoms with E-state index >= 15 is 0 Å². The van der Waals surface area contributed by atoms with Gasteiger partial charge in [-0.05, 0) is 92.4 Å². The average Bonchev–Trinajstić information content (AvgIpc) is 2.90. The molecule has 0 saturated heterocycles. The van der Waals surface area contributed by atoms with Gasteiger partial charge in [0.1, 0.15) is 0 Å². The first-order chi connectivity index (χ1) is 10.3. The lowest BCUT2D eigenvalue weighted by Gasteiger charge is -2.26. The summed E-state index contributed by atoms with van der Waals surface area (Å²) < 4.78 is 0. The van der Waals surface area contributed by atoms with E-state index in [0.29, 0.717) is 0 Å². The van der Waals surface area contributed by atoms with Gasteiger partial charge in [-0.1, -0.05) is 25.1 Å². The maximum Gasteiger partial charge on any atom is 0.0136 e. The van der Waals surface area contributed by atoms with E-state index in [1.165, 1.54) is 57.9 Å². The molecule has 1 aromatic carbocycles. The van der Waals surface area contributed by atoms with Crippen LogP contribution in [0, 0.1) is 17.8 Å². The highest BCUT2D eigenvalue weighted by atomic mass is 14.9. The van der Waals surface area contributed by atoms with E-state index in [1.807, 2.05) is 0 Å². The van der Waals surface area contributed by atoms with Crippen molar-refractivity contribution < 1.29 is 0 Å². The van der Waals surface area contributed by atoms with Crippen LogP contribution in [0.4, 0.5) is 0 Å². The maximum atomic E-state index is 3.87. The van der Waals surface area contributed by atoms with Gasteiger partial charge in [0.05, 0.1) is 0 Å². The first-order valence-corrected chi connectivity index (χ1v) is 9.17. The van der Waals surface area contributed by atoms with E-state index in [2.05, 4.69) is 30.4 Å². The van der Waals surface area contributed by atoms with E-state index in [0.717, 1.165) is 23.8 Å². The van der Waals surface area contributed by atoms with Gasteiger partial charge in [0, 0.05) is 6.04 Å². The maximum absolute atomic E-state index is 3.87. The average molecular weight is 283 g/mol. The standard InChI is InChI=1S/C20H29N/c1-2-8-21-20(19-12-17-11-18(17)13-19)10-14-6-7-15-4-3-5-16(15)9-14/h6-7,9,17-21H,2-5,8,10-13H2,1H3.